The van der Waals surface area contributed by atoms with Crippen LogP contribution >= 0.6 is 0 Å². The summed E-state index contributed by atoms with van der Waals surface area (Å²) in [7, 11) is 0. The van der Waals surface area contributed by atoms with Crippen LogP contribution in [-0.4, -0.2) is 17.6 Å². The first-order valence-corrected chi connectivity index (χ1v) is 6.81. The lowest BCUT2D eigenvalue weighted by atomic mass is 9.94. The summed E-state index contributed by atoms with van der Waals surface area (Å²) in [5.74, 6) is 0.331. The van der Waals surface area contributed by atoms with Crippen molar-refractivity contribution >= 4 is 0 Å². The number of nitrogens with one attached hydrogen (secondary N) is 1. The fraction of sp³-hybridized carbons (Fsp3) is 0.667. The maximum atomic E-state index is 13.0. The number of hydrogen-bond acceptors (Lipinski definition) is 2. The second-order valence-electron chi connectivity index (χ2n) is 6.52. The van der Waals surface area contributed by atoms with Crippen molar-refractivity contribution in [2.45, 2.75) is 45.1 Å². The highest BCUT2D eigenvalue weighted by Crippen LogP contribution is 2.68. The molecule has 0 bridgehead atoms. The van der Waals surface area contributed by atoms with Crippen molar-refractivity contribution in [3.05, 3.63) is 29.8 Å². The second-order valence-corrected chi connectivity index (χ2v) is 6.52. The first kappa shape index (κ1) is 12.1. The van der Waals surface area contributed by atoms with E-state index in [1.54, 1.807) is 0 Å². The van der Waals surface area contributed by atoms with Gasteiger partial charge >= 0.3 is 0 Å². The van der Waals surface area contributed by atoms with E-state index in [4.69, 9.17) is 0 Å². The fourth-order valence-electron chi connectivity index (χ4n) is 3.32. The van der Waals surface area contributed by atoms with E-state index in [0.717, 1.165) is 18.3 Å². The number of hydrogen-bond donors (Lipinski definition) is 1. The molecule has 1 aromatic rings. The summed E-state index contributed by atoms with van der Waals surface area (Å²) >= 11 is 0. The largest absolute Gasteiger partial charge is 0.314 e. The molecule has 1 heterocycles. The van der Waals surface area contributed by atoms with Gasteiger partial charge in [0, 0.05) is 17.2 Å². The van der Waals surface area contributed by atoms with Gasteiger partial charge in [-0.15, -0.1) is 0 Å². The third-order valence-corrected chi connectivity index (χ3v) is 5.27. The minimum absolute atomic E-state index is 0.0720. The lowest BCUT2D eigenvalue weighted by molar-refractivity contribution is 0.501. The van der Waals surface area contributed by atoms with Crippen LogP contribution in [0.15, 0.2) is 18.3 Å². The van der Waals surface area contributed by atoms with Gasteiger partial charge in [-0.05, 0) is 42.9 Å². The Balaban J connectivity index is 1.78. The number of pyridine rings is 1. The minimum Gasteiger partial charge on any atom is -0.314 e. The molecule has 3 heteroatoms. The van der Waals surface area contributed by atoms with Gasteiger partial charge in [-0.1, -0.05) is 20.8 Å². The average molecular weight is 248 g/mol. The molecule has 0 spiro atoms. The van der Waals surface area contributed by atoms with E-state index in [1.165, 1.54) is 25.1 Å². The summed E-state index contributed by atoms with van der Waals surface area (Å²) in [4.78, 5) is 4.30. The summed E-state index contributed by atoms with van der Waals surface area (Å²) in [6.07, 6.45) is 3.97. The highest BCUT2D eigenvalue weighted by molar-refractivity contribution is 5.34. The molecular formula is C15H21FN2. The zero-order chi connectivity index (χ0) is 13.0. The molecule has 2 nitrogen and oxygen atoms in total. The molecule has 2 atom stereocenters. The van der Waals surface area contributed by atoms with Crippen molar-refractivity contribution in [2.24, 2.45) is 11.3 Å². The highest BCUT2D eigenvalue weighted by Gasteiger charge is 2.68. The van der Waals surface area contributed by atoms with Crippen molar-refractivity contribution in [2.75, 3.05) is 6.54 Å². The van der Waals surface area contributed by atoms with Crippen LogP contribution in [0.3, 0.4) is 0 Å². The second kappa shape index (κ2) is 3.77. The fourth-order valence-corrected chi connectivity index (χ4v) is 3.32. The molecular weight excluding hydrogens is 227 g/mol. The Morgan fingerprint density at radius 1 is 1.33 bits per heavy atom. The van der Waals surface area contributed by atoms with E-state index in [-0.39, 0.29) is 16.6 Å². The predicted octanol–water partition coefficient (Wildman–Crippen LogP) is 2.89. The molecule has 2 saturated carbocycles. The molecule has 2 fully saturated rings. The molecule has 2 aliphatic rings. The predicted molar refractivity (Wildman–Crippen MR) is 69.8 cm³/mol. The lowest BCUT2D eigenvalue weighted by Crippen LogP contribution is -2.22. The molecule has 3 rings (SSSR count). The Labute approximate surface area is 108 Å². The standard InChI is InChI=1S/C15H21FN2/c1-14(2)12(9-17-11-5-6-11)15(14,3)13-7-4-10(16)8-18-13/h4,7-8,11-12,17H,5-6,9H2,1-3H3. The Morgan fingerprint density at radius 2 is 2.06 bits per heavy atom. The average Bonchev–Trinajstić information content (AvgIpc) is 3.19. The summed E-state index contributed by atoms with van der Waals surface area (Å²) in [5, 5.41) is 3.61. The molecule has 0 saturated heterocycles. The maximum absolute atomic E-state index is 13.0. The molecule has 1 aromatic heterocycles. The van der Waals surface area contributed by atoms with Crippen LogP contribution in [0.5, 0.6) is 0 Å². The monoisotopic (exact) mass is 248 g/mol. The van der Waals surface area contributed by atoms with Crippen LogP contribution in [0.25, 0.3) is 0 Å². The van der Waals surface area contributed by atoms with Crippen molar-refractivity contribution in [3.63, 3.8) is 0 Å². The highest BCUT2D eigenvalue weighted by atomic mass is 19.1. The van der Waals surface area contributed by atoms with E-state index in [1.807, 2.05) is 6.07 Å². The van der Waals surface area contributed by atoms with E-state index in [0.29, 0.717) is 5.92 Å². The SMILES string of the molecule is CC1(C)C(CNC2CC2)C1(C)c1ccc(F)cn1. The van der Waals surface area contributed by atoms with Crippen LogP contribution in [0.4, 0.5) is 4.39 Å². The molecule has 1 N–H and O–H groups in total. The van der Waals surface area contributed by atoms with Crippen LogP contribution < -0.4 is 5.32 Å². The topological polar surface area (TPSA) is 24.9 Å². The van der Waals surface area contributed by atoms with Gasteiger partial charge in [0.25, 0.3) is 0 Å². The molecule has 18 heavy (non-hydrogen) atoms. The normalized spacial score (nSPS) is 33.4. The van der Waals surface area contributed by atoms with Crippen LogP contribution in [0.1, 0.15) is 39.3 Å². The Bertz CT molecular complexity index is 450. The minimum atomic E-state index is -0.256. The zero-order valence-corrected chi connectivity index (χ0v) is 11.3. The molecule has 98 valence electrons. The summed E-state index contributed by atoms with van der Waals surface area (Å²) in [5.41, 5.74) is 1.33. The van der Waals surface area contributed by atoms with Gasteiger partial charge < -0.3 is 5.32 Å². The van der Waals surface area contributed by atoms with Gasteiger partial charge in [0.1, 0.15) is 5.82 Å². The van der Waals surface area contributed by atoms with Crippen LogP contribution in [0, 0.1) is 17.2 Å². The molecule has 2 unspecified atom stereocenters. The number of aromatic nitrogens is 1. The van der Waals surface area contributed by atoms with Gasteiger partial charge in [-0.2, -0.15) is 0 Å². The van der Waals surface area contributed by atoms with Gasteiger partial charge in [0.2, 0.25) is 0 Å². The van der Waals surface area contributed by atoms with E-state index < -0.39 is 0 Å². The smallest absolute Gasteiger partial charge is 0.141 e. The quantitative estimate of drug-likeness (QED) is 0.886. The molecule has 0 radical (unpaired) electrons. The van der Waals surface area contributed by atoms with Gasteiger partial charge in [0.15, 0.2) is 0 Å². The Kier molecular flexibility index (Phi) is 2.53. The summed E-state index contributed by atoms with van der Waals surface area (Å²) in [6.45, 7) is 7.88. The zero-order valence-electron chi connectivity index (χ0n) is 11.3. The molecule has 0 aliphatic heterocycles. The molecule has 0 amide bonds. The third kappa shape index (κ3) is 1.68. The Hall–Kier alpha value is -0.960. The lowest BCUT2D eigenvalue weighted by Gasteiger charge is -2.13. The van der Waals surface area contributed by atoms with Crippen molar-refractivity contribution < 1.29 is 4.39 Å². The molecule has 2 aliphatic carbocycles. The summed E-state index contributed by atoms with van der Waals surface area (Å²) in [6, 6.07) is 4.11. The first-order chi connectivity index (χ1) is 8.46. The van der Waals surface area contributed by atoms with Gasteiger partial charge in [0.05, 0.1) is 6.20 Å². The van der Waals surface area contributed by atoms with E-state index in [2.05, 4.69) is 31.1 Å². The Morgan fingerprint density at radius 3 is 2.61 bits per heavy atom. The van der Waals surface area contributed by atoms with Gasteiger partial charge in [-0.3, -0.25) is 4.98 Å². The number of halogens is 1. The summed E-state index contributed by atoms with van der Waals surface area (Å²) < 4.78 is 13.0. The van der Waals surface area contributed by atoms with Crippen molar-refractivity contribution in [1.29, 1.82) is 0 Å². The maximum Gasteiger partial charge on any atom is 0.141 e. The van der Waals surface area contributed by atoms with Crippen LogP contribution in [0.2, 0.25) is 0 Å². The van der Waals surface area contributed by atoms with E-state index in [9.17, 15) is 4.39 Å². The van der Waals surface area contributed by atoms with E-state index >= 15 is 0 Å². The van der Waals surface area contributed by atoms with Crippen molar-refractivity contribution in [1.82, 2.24) is 10.3 Å². The van der Waals surface area contributed by atoms with Crippen molar-refractivity contribution in [3.8, 4) is 0 Å². The number of rotatable bonds is 4. The molecule has 0 aromatic carbocycles. The first-order valence-electron chi connectivity index (χ1n) is 6.81. The van der Waals surface area contributed by atoms with Crippen LogP contribution in [-0.2, 0) is 5.41 Å². The number of nitrogens with zero attached hydrogens (tertiary/aromatic N) is 1. The third-order valence-electron chi connectivity index (χ3n) is 5.27. The van der Waals surface area contributed by atoms with Gasteiger partial charge in [-0.25, -0.2) is 4.39 Å².